The Kier molecular flexibility index (Phi) is 5.45. The van der Waals surface area contributed by atoms with Crippen molar-refractivity contribution >= 4 is 5.78 Å². The quantitative estimate of drug-likeness (QED) is 0.653. The topological polar surface area (TPSA) is 26.3 Å². The maximum absolute atomic E-state index is 13.3. The fraction of sp³-hybridized carbons (Fsp3) is 0.480. The molecule has 142 valence electrons. The normalized spacial score (nSPS) is 27.5. The van der Waals surface area contributed by atoms with Crippen molar-refractivity contribution in [2.24, 2.45) is 11.8 Å². The molecule has 0 aliphatic heterocycles. The summed E-state index contributed by atoms with van der Waals surface area (Å²) in [6, 6.07) is 20.2. The Morgan fingerprint density at radius 3 is 2.26 bits per heavy atom. The van der Waals surface area contributed by atoms with Gasteiger partial charge in [-0.1, -0.05) is 73.5 Å². The molecule has 2 bridgehead atoms. The third-order valence-electron chi connectivity index (χ3n) is 6.83. The molecule has 2 saturated carbocycles. The van der Waals surface area contributed by atoms with Gasteiger partial charge in [0.2, 0.25) is 0 Å². The standard InChI is InChI=1S/C25H30O2/c1-25(16-15-19-9-8-14-22(25)17-19)27-18-23(26)24(20-10-4-2-5-11-20)21-12-6-3-7-13-21/h2-7,10-13,19,22,24H,8-9,14-18H2,1H3/t19-,22-,25+/m1/s1. The van der Waals surface area contributed by atoms with E-state index in [0.29, 0.717) is 5.92 Å². The zero-order valence-corrected chi connectivity index (χ0v) is 16.3. The monoisotopic (exact) mass is 362 g/mol. The number of rotatable bonds is 6. The molecule has 27 heavy (non-hydrogen) atoms. The van der Waals surface area contributed by atoms with E-state index in [1.165, 1.54) is 32.1 Å². The van der Waals surface area contributed by atoms with E-state index in [4.69, 9.17) is 4.74 Å². The summed E-state index contributed by atoms with van der Waals surface area (Å²) in [4.78, 5) is 13.3. The van der Waals surface area contributed by atoms with Crippen LogP contribution in [0.25, 0.3) is 0 Å². The van der Waals surface area contributed by atoms with Crippen molar-refractivity contribution in [3.8, 4) is 0 Å². The van der Waals surface area contributed by atoms with Crippen LogP contribution in [0.1, 0.15) is 62.5 Å². The molecule has 2 aliphatic rings. The van der Waals surface area contributed by atoms with Crippen molar-refractivity contribution in [3.63, 3.8) is 0 Å². The molecule has 0 spiro atoms. The average molecular weight is 363 g/mol. The summed E-state index contributed by atoms with van der Waals surface area (Å²) in [7, 11) is 0. The molecule has 2 aromatic rings. The number of fused-ring (bicyclic) bond motifs is 2. The Bertz CT molecular complexity index is 715. The van der Waals surface area contributed by atoms with E-state index >= 15 is 0 Å². The highest BCUT2D eigenvalue weighted by molar-refractivity contribution is 5.90. The van der Waals surface area contributed by atoms with Gasteiger partial charge in [0.05, 0.1) is 11.5 Å². The van der Waals surface area contributed by atoms with Crippen molar-refractivity contribution in [1.82, 2.24) is 0 Å². The SMILES string of the molecule is C[C@]1(OCC(=O)C(c2ccccc2)c2ccccc2)CC[C@H]2CCC[C@@H]1C2. The molecule has 2 aromatic carbocycles. The summed E-state index contributed by atoms with van der Waals surface area (Å²) in [5.41, 5.74) is 1.96. The lowest BCUT2D eigenvalue weighted by molar-refractivity contribution is -0.145. The van der Waals surface area contributed by atoms with E-state index in [0.717, 1.165) is 23.5 Å². The van der Waals surface area contributed by atoms with Gasteiger partial charge in [-0.2, -0.15) is 0 Å². The van der Waals surface area contributed by atoms with Crippen molar-refractivity contribution in [2.45, 2.75) is 57.0 Å². The molecule has 2 heteroatoms. The maximum Gasteiger partial charge on any atom is 0.170 e. The predicted octanol–water partition coefficient (Wildman–Crippen LogP) is 5.76. The third-order valence-corrected chi connectivity index (χ3v) is 6.83. The Morgan fingerprint density at radius 1 is 1.00 bits per heavy atom. The fourth-order valence-corrected chi connectivity index (χ4v) is 5.17. The molecule has 2 nitrogen and oxygen atoms in total. The first-order valence-corrected chi connectivity index (χ1v) is 10.4. The van der Waals surface area contributed by atoms with Crippen LogP contribution in [-0.2, 0) is 9.53 Å². The first-order valence-electron chi connectivity index (χ1n) is 10.4. The molecule has 3 atom stereocenters. The summed E-state index contributed by atoms with van der Waals surface area (Å²) in [6.45, 7) is 2.44. The molecular weight excluding hydrogens is 332 g/mol. The molecular formula is C25H30O2. The van der Waals surface area contributed by atoms with Crippen LogP contribution in [0.4, 0.5) is 0 Å². The van der Waals surface area contributed by atoms with Crippen molar-refractivity contribution in [3.05, 3.63) is 71.8 Å². The summed E-state index contributed by atoms with van der Waals surface area (Å²) in [5.74, 6) is 1.41. The number of ketones is 1. The fourth-order valence-electron chi connectivity index (χ4n) is 5.17. The summed E-state index contributed by atoms with van der Waals surface area (Å²) in [5, 5.41) is 0. The highest BCUT2D eigenvalue weighted by Gasteiger charge is 2.43. The number of benzene rings is 2. The smallest absolute Gasteiger partial charge is 0.170 e. The lowest BCUT2D eigenvalue weighted by Crippen LogP contribution is -2.45. The summed E-state index contributed by atoms with van der Waals surface area (Å²) < 4.78 is 6.39. The van der Waals surface area contributed by atoms with Crippen LogP contribution in [0, 0.1) is 11.8 Å². The van der Waals surface area contributed by atoms with Crippen LogP contribution in [-0.4, -0.2) is 18.0 Å². The Balaban J connectivity index is 1.51. The number of hydrogen-bond donors (Lipinski definition) is 0. The number of ether oxygens (including phenoxy) is 1. The van der Waals surface area contributed by atoms with Crippen LogP contribution in [0.15, 0.2) is 60.7 Å². The van der Waals surface area contributed by atoms with E-state index in [9.17, 15) is 4.79 Å². The number of carbonyl (C=O) groups is 1. The second-order valence-electron chi connectivity index (χ2n) is 8.59. The van der Waals surface area contributed by atoms with E-state index in [-0.39, 0.29) is 23.9 Å². The van der Waals surface area contributed by atoms with Crippen molar-refractivity contribution in [2.75, 3.05) is 6.61 Å². The van der Waals surface area contributed by atoms with E-state index < -0.39 is 0 Å². The lowest BCUT2D eigenvalue weighted by Gasteiger charge is -2.47. The molecule has 0 radical (unpaired) electrons. The van der Waals surface area contributed by atoms with Gasteiger partial charge in [-0.15, -0.1) is 0 Å². The van der Waals surface area contributed by atoms with E-state index in [1.54, 1.807) is 0 Å². The minimum Gasteiger partial charge on any atom is -0.367 e. The zero-order chi connectivity index (χ0) is 18.7. The second kappa shape index (κ2) is 7.98. The first-order chi connectivity index (χ1) is 13.2. The molecule has 2 aliphatic carbocycles. The predicted molar refractivity (Wildman–Crippen MR) is 109 cm³/mol. The van der Waals surface area contributed by atoms with Crippen LogP contribution < -0.4 is 0 Å². The number of Topliss-reactive ketones (excluding diaryl/α,β-unsaturated/α-hetero) is 1. The van der Waals surface area contributed by atoms with Crippen LogP contribution >= 0.6 is 0 Å². The van der Waals surface area contributed by atoms with Crippen molar-refractivity contribution < 1.29 is 9.53 Å². The highest BCUT2D eigenvalue weighted by Crippen LogP contribution is 2.47. The third kappa shape index (κ3) is 4.01. The minimum atomic E-state index is -0.251. The molecule has 4 rings (SSSR count). The molecule has 0 unspecified atom stereocenters. The zero-order valence-electron chi connectivity index (χ0n) is 16.3. The van der Waals surface area contributed by atoms with Gasteiger partial charge in [0, 0.05) is 0 Å². The Morgan fingerprint density at radius 2 is 1.63 bits per heavy atom. The summed E-state index contributed by atoms with van der Waals surface area (Å²) >= 11 is 0. The van der Waals surface area contributed by atoms with E-state index in [2.05, 4.69) is 6.92 Å². The molecule has 0 aromatic heterocycles. The molecule has 0 N–H and O–H groups in total. The van der Waals surface area contributed by atoms with Gasteiger partial charge in [0.25, 0.3) is 0 Å². The van der Waals surface area contributed by atoms with Gasteiger partial charge < -0.3 is 4.74 Å². The average Bonchev–Trinajstić information content (AvgIpc) is 2.72. The number of hydrogen-bond acceptors (Lipinski definition) is 2. The molecule has 0 amide bonds. The van der Waals surface area contributed by atoms with Crippen molar-refractivity contribution in [1.29, 1.82) is 0 Å². The second-order valence-corrected chi connectivity index (χ2v) is 8.59. The minimum absolute atomic E-state index is 0.134. The molecule has 0 heterocycles. The summed E-state index contributed by atoms with van der Waals surface area (Å²) in [6.07, 6.45) is 7.58. The van der Waals surface area contributed by atoms with Gasteiger partial charge in [-0.3, -0.25) is 4.79 Å². The number of carbonyl (C=O) groups excluding carboxylic acids is 1. The largest absolute Gasteiger partial charge is 0.367 e. The van der Waals surface area contributed by atoms with Gasteiger partial charge >= 0.3 is 0 Å². The highest BCUT2D eigenvalue weighted by atomic mass is 16.5. The van der Waals surface area contributed by atoms with Gasteiger partial charge in [0.15, 0.2) is 5.78 Å². The van der Waals surface area contributed by atoms with Crippen LogP contribution in [0.5, 0.6) is 0 Å². The van der Waals surface area contributed by atoms with Gasteiger partial charge in [-0.05, 0) is 55.6 Å². The Hall–Kier alpha value is -1.93. The molecule has 2 fully saturated rings. The van der Waals surface area contributed by atoms with Crippen LogP contribution in [0.3, 0.4) is 0 Å². The first kappa shape index (κ1) is 18.4. The van der Waals surface area contributed by atoms with E-state index in [1.807, 2.05) is 60.7 Å². The lowest BCUT2D eigenvalue weighted by atomic mass is 9.65. The maximum atomic E-state index is 13.3. The van der Waals surface area contributed by atoms with Crippen LogP contribution in [0.2, 0.25) is 0 Å². The van der Waals surface area contributed by atoms with Gasteiger partial charge in [0.1, 0.15) is 6.61 Å². The van der Waals surface area contributed by atoms with Gasteiger partial charge in [-0.25, -0.2) is 0 Å². The molecule has 0 saturated heterocycles. The Labute approximate surface area is 162 Å².